The zero-order valence-corrected chi connectivity index (χ0v) is 15.7. The van der Waals surface area contributed by atoms with E-state index in [1.807, 2.05) is 7.05 Å². The van der Waals surface area contributed by atoms with E-state index < -0.39 is 0 Å². The van der Waals surface area contributed by atoms with Gasteiger partial charge in [0, 0.05) is 63.4 Å². The largest absolute Gasteiger partial charge is 0.355 e. The first-order chi connectivity index (χ1) is 10.5. The Balaban J connectivity index is 1.86. The molecule has 0 amide bonds. The first kappa shape index (κ1) is 17.9. The van der Waals surface area contributed by atoms with Crippen molar-refractivity contribution in [3.63, 3.8) is 0 Å². The van der Waals surface area contributed by atoms with Crippen molar-refractivity contribution in [1.29, 1.82) is 0 Å². The molecule has 2 heterocycles. The van der Waals surface area contributed by atoms with Crippen molar-refractivity contribution >= 4 is 17.7 Å². The van der Waals surface area contributed by atoms with Gasteiger partial charge < -0.3 is 15.1 Å². The minimum atomic E-state index is 0.565. The number of piperazine rings is 1. The number of thioether (sulfide) groups is 1. The van der Waals surface area contributed by atoms with Crippen molar-refractivity contribution in [1.82, 2.24) is 20.0 Å². The molecule has 0 aromatic carbocycles. The summed E-state index contributed by atoms with van der Waals surface area (Å²) in [4.78, 5) is 11.8. The first-order valence-electron chi connectivity index (χ1n) is 8.47. The van der Waals surface area contributed by atoms with Crippen molar-refractivity contribution in [3.8, 4) is 0 Å². The highest BCUT2D eigenvalue weighted by molar-refractivity contribution is 8.00. The van der Waals surface area contributed by atoms with Crippen LogP contribution in [0.2, 0.25) is 0 Å². The number of likely N-dealkylation sites (N-methyl/N-ethyl adjacent to an activating group) is 2. The fourth-order valence-electron chi connectivity index (χ4n) is 3.13. The summed E-state index contributed by atoms with van der Waals surface area (Å²) in [5.41, 5.74) is 0. The van der Waals surface area contributed by atoms with Crippen LogP contribution in [0.25, 0.3) is 0 Å². The van der Waals surface area contributed by atoms with Gasteiger partial charge in [-0.3, -0.25) is 9.89 Å². The normalized spacial score (nSPS) is 29.2. The SMILES string of the molecule is CN=C(NCC1CN(C)CCN1C)N1CCSC(C(C)C)C1. The quantitative estimate of drug-likeness (QED) is 0.615. The van der Waals surface area contributed by atoms with E-state index in [1.54, 1.807) is 0 Å². The van der Waals surface area contributed by atoms with Gasteiger partial charge in [0.1, 0.15) is 0 Å². The average molecular weight is 328 g/mol. The van der Waals surface area contributed by atoms with Crippen LogP contribution in [-0.2, 0) is 0 Å². The van der Waals surface area contributed by atoms with Gasteiger partial charge in [0.25, 0.3) is 0 Å². The topological polar surface area (TPSA) is 34.1 Å². The lowest BCUT2D eigenvalue weighted by Crippen LogP contribution is -2.56. The summed E-state index contributed by atoms with van der Waals surface area (Å²) in [6, 6.07) is 0.565. The lowest BCUT2D eigenvalue weighted by atomic mass is 10.1. The van der Waals surface area contributed by atoms with Crippen LogP contribution in [0, 0.1) is 5.92 Å². The van der Waals surface area contributed by atoms with Gasteiger partial charge in [0.2, 0.25) is 0 Å². The standard InChI is InChI=1S/C16H33N5S/c1-13(2)15-12-21(8-9-22-15)16(17-3)18-10-14-11-19(4)6-7-20(14)5/h13-15H,6-12H2,1-5H3,(H,17,18). The van der Waals surface area contributed by atoms with Gasteiger partial charge in [-0.25, -0.2) is 0 Å². The average Bonchev–Trinajstić information content (AvgIpc) is 2.51. The monoisotopic (exact) mass is 327 g/mol. The number of nitrogens with one attached hydrogen (secondary N) is 1. The summed E-state index contributed by atoms with van der Waals surface area (Å²) in [5, 5.41) is 4.34. The van der Waals surface area contributed by atoms with Gasteiger partial charge >= 0.3 is 0 Å². The van der Waals surface area contributed by atoms with E-state index in [1.165, 1.54) is 12.3 Å². The third kappa shape index (κ3) is 4.77. The van der Waals surface area contributed by atoms with E-state index in [0.717, 1.165) is 49.9 Å². The Hall–Kier alpha value is -0.460. The molecule has 2 unspecified atom stereocenters. The van der Waals surface area contributed by atoms with Crippen LogP contribution in [0.1, 0.15) is 13.8 Å². The van der Waals surface area contributed by atoms with Crippen molar-refractivity contribution in [2.75, 3.05) is 66.2 Å². The Bertz CT molecular complexity index is 374. The highest BCUT2D eigenvalue weighted by atomic mass is 32.2. The van der Waals surface area contributed by atoms with Crippen LogP contribution in [-0.4, -0.2) is 98.1 Å². The molecule has 22 heavy (non-hydrogen) atoms. The number of hydrogen-bond donors (Lipinski definition) is 1. The second-order valence-electron chi connectivity index (χ2n) is 6.92. The minimum absolute atomic E-state index is 0.565. The maximum absolute atomic E-state index is 4.52. The molecule has 6 heteroatoms. The lowest BCUT2D eigenvalue weighted by Gasteiger charge is -2.40. The van der Waals surface area contributed by atoms with Crippen molar-refractivity contribution < 1.29 is 0 Å². The Kier molecular flexibility index (Phi) is 6.84. The van der Waals surface area contributed by atoms with E-state index in [0.29, 0.717) is 6.04 Å². The molecule has 0 saturated carbocycles. The maximum Gasteiger partial charge on any atom is 0.193 e. The predicted octanol–water partition coefficient (Wildman–Crippen LogP) is 0.881. The summed E-state index contributed by atoms with van der Waals surface area (Å²) < 4.78 is 0. The molecule has 0 aromatic rings. The highest BCUT2D eigenvalue weighted by Gasteiger charge is 2.26. The molecule has 2 rings (SSSR count). The first-order valence-corrected chi connectivity index (χ1v) is 9.52. The molecule has 0 aromatic heterocycles. The highest BCUT2D eigenvalue weighted by Crippen LogP contribution is 2.24. The molecule has 2 aliphatic heterocycles. The zero-order valence-electron chi connectivity index (χ0n) is 14.9. The van der Waals surface area contributed by atoms with Crippen molar-refractivity contribution in [3.05, 3.63) is 0 Å². The van der Waals surface area contributed by atoms with Crippen LogP contribution < -0.4 is 5.32 Å². The van der Waals surface area contributed by atoms with Crippen LogP contribution in [0.4, 0.5) is 0 Å². The fourth-order valence-corrected chi connectivity index (χ4v) is 4.43. The summed E-state index contributed by atoms with van der Waals surface area (Å²) in [5.74, 6) is 3.01. The summed E-state index contributed by atoms with van der Waals surface area (Å²) >= 11 is 2.11. The Morgan fingerprint density at radius 3 is 2.68 bits per heavy atom. The third-order valence-electron chi connectivity index (χ3n) is 4.82. The minimum Gasteiger partial charge on any atom is -0.355 e. The van der Waals surface area contributed by atoms with Crippen LogP contribution in [0.5, 0.6) is 0 Å². The number of guanidine groups is 1. The zero-order chi connectivity index (χ0) is 16.1. The van der Waals surface area contributed by atoms with E-state index in [4.69, 9.17) is 0 Å². The Morgan fingerprint density at radius 1 is 1.23 bits per heavy atom. The van der Waals surface area contributed by atoms with Crippen LogP contribution in [0.3, 0.4) is 0 Å². The molecular weight excluding hydrogens is 294 g/mol. The lowest BCUT2D eigenvalue weighted by molar-refractivity contribution is 0.116. The molecule has 0 spiro atoms. The summed E-state index contributed by atoms with van der Waals surface area (Å²) in [6.45, 7) is 11.3. The molecule has 2 aliphatic rings. The van der Waals surface area contributed by atoms with Gasteiger partial charge in [-0.2, -0.15) is 11.8 Å². The van der Waals surface area contributed by atoms with Gasteiger partial charge in [-0.05, 0) is 20.0 Å². The summed E-state index contributed by atoms with van der Waals surface area (Å²) in [7, 11) is 6.35. The van der Waals surface area contributed by atoms with Crippen molar-refractivity contribution in [2.24, 2.45) is 10.9 Å². The Morgan fingerprint density at radius 2 is 2.00 bits per heavy atom. The second kappa shape index (κ2) is 8.41. The molecule has 2 atom stereocenters. The van der Waals surface area contributed by atoms with E-state index in [2.05, 4.69) is 64.7 Å². The molecule has 1 N–H and O–H groups in total. The molecule has 2 saturated heterocycles. The smallest absolute Gasteiger partial charge is 0.193 e. The molecular formula is C16H33N5S. The number of hydrogen-bond acceptors (Lipinski definition) is 4. The van der Waals surface area contributed by atoms with Crippen molar-refractivity contribution in [2.45, 2.75) is 25.1 Å². The molecule has 0 aliphatic carbocycles. The number of aliphatic imine (C=N–C) groups is 1. The maximum atomic E-state index is 4.52. The van der Waals surface area contributed by atoms with Gasteiger partial charge in [-0.1, -0.05) is 13.8 Å². The molecule has 2 fully saturated rings. The number of nitrogens with zero attached hydrogens (tertiary/aromatic N) is 4. The van der Waals surface area contributed by atoms with E-state index >= 15 is 0 Å². The van der Waals surface area contributed by atoms with E-state index in [9.17, 15) is 0 Å². The van der Waals surface area contributed by atoms with Gasteiger partial charge in [0.05, 0.1) is 0 Å². The van der Waals surface area contributed by atoms with Crippen LogP contribution >= 0.6 is 11.8 Å². The molecule has 0 radical (unpaired) electrons. The van der Waals surface area contributed by atoms with Crippen LogP contribution in [0.15, 0.2) is 4.99 Å². The molecule has 128 valence electrons. The number of rotatable bonds is 3. The fraction of sp³-hybridized carbons (Fsp3) is 0.938. The third-order valence-corrected chi connectivity index (χ3v) is 6.36. The molecule has 0 bridgehead atoms. The summed E-state index contributed by atoms with van der Waals surface area (Å²) in [6.07, 6.45) is 0. The Labute approximate surface area is 140 Å². The predicted molar refractivity (Wildman–Crippen MR) is 97.9 cm³/mol. The van der Waals surface area contributed by atoms with Gasteiger partial charge in [-0.15, -0.1) is 0 Å². The van der Waals surface area contributed by atoms with E-state index in [-0.39, 0.29) is 0 Å². The van der Waals surface area contributed by atoms with Gasteiger partial charge in [0.15, 0.2) is 5.96 Å². The molecule has 5 nitrogen and oxygen atoms in total. The second-order valence-corrected chi connectivity index (χ2v) is 8.27.